The molecule has 0 atom stereocenters. The van der Waals surface area contributed by atoms with E-state index in [0.29, 0.717) is 13.1 Å². The number of unbranched alkanes of at least 4 members (excludes halogenated alkanes) is 3. The lowest BCUT2D eigenvalue weighted by atomic mass is 10.2. The van der Waals surface area contributed by atoms with Gasteiger partial charge in [-0.25, -0.2) is 0 Å². The summed E-state index contributed by atoms with van der Waals surface area (Å²) in [6.45, 7) is 1.40. The standard InChI is InChI=1S/C8H20N6.ClH/c9-7(10)13-5-3-1-2-4-6-14-8(11)12;/h1-6H2,(H4,9,10,13)(H4,11,12,14);1H/p-1. The summed E-state index contributed by atoms with van der Waals surface area (Å²) in [7, 11) is 0. The number of hydrogen-bond acceptors (Lipinski definition) is 2. The summed E-state index contributed by atoms with van der Waals surface area (Å²) in [5, 5.41) is 0. The van der Waals surface area contributed by atoms with Crippen LogP contribution >= 0.6 is 0 Å². The molecule has 8 N–H and O–H groups in total. The molecule has 0 aliphatic heterocycles. The highest BCUT2D eigenvalue weighted by molar-refractivity contribution is 5.75. The van der Waals surface area contributed by atoms with Crippen LogP contribution in [-0.2, 0) is 0 Å². The molecule has 0 radical (unpaired) electrons. The van der Waals surface area contributed by atoms with Crippen LogP contribution in [0.1, 0.15) is 25.7 Å². The molecule has 0 fully saturated rings. The van der Waals surface area contributed by atoms with Gasteiger partial charge in [-0.3, -0.25) is 9.98 Å². The average molecular weight is 236 g/mol. The molecule has 0 aromatic heterocycles. The first-order valence-electron chi connectivity index (χ1n) is 4.73. The number of rotatable bonds is 7. The van der Waals surface area contributed by atoms with Crippen molar-refractivity contribution in [3.8, 4) is 0 Å². The summed E-state index contributed by atoms with van der Waals surface area (Å²) in [6.07, 6.45) is 4.19. The molecule has 0 unspecified atom stereocenters. The molecule has 0 aliphatic carbocycles. The Bertz CT molecular complexity index is 173. The van der Waals surface area contributed by atoms with Crippen LogP contribution in [0.5, 0.6) is 0 Å². The SMILES string of the molecule is NC(N)=NCCCCCCN=C(N)N.[Cl-]. The van der Waals surface area contributed by atoms with Gasteiger partial charge in [0, 0.05) is 13.1 Å². The van der Waals surface area contributed by atoms with E-state index < -0.39 is 0 Å². The third-order valence-electron chi connectivity index (χ3n) is 1.65. The topological polar surface area (TPSA) is 129 Å². The van der Waals surface area contributed by atoms with Crippen LogP contribution in [0.15, 0.2) is 9.98 Å². The van der Waals surface area contributed by atoms with Gasteiger partial charge in [-0.05, 0) is 12.8 Å². The van der Waals surface area contributed by atoms with E-state index in [1.54, 1.807) is 0 Å². The molecule has 0 aromatic carbocycles. The van der Waals surface area contributed by atoms with Gasteiger partial charge in [0.2, 0.25) is 0 Å². The summed E-state index contributed by atoms with van der Waals surface area (Å²) >= 11 is 0. The second-order valence-electron chi connectivity index (χ2n) is 3.03. The van der Waals surface area contributed by atoms with E-state index in [4.69, 9.17) is 22.9 Å². The maximum atomic E-state index is 5.17. The quantitative estimate of drug-likeness (QED) is 0.204. The molecule has 90 valence electrons. The molecule has 6 nitrogen and oxygen atoms in total. The van der Waals surface area contributed by atoms with Crippen LogP contribution in [-0.4, -0.2) is 25.0 Å². The molecule has 0 aliphatic rings. The largest absolute Gasteiger partial charge is 1.00 e. The molecule has 0 saturated carbocycles. The van der Waals surface area contributed by atoms with Crippen molar-refractivity contribution in [2.45, 2.75) is 25.7 Å². The first-order chi connectivity index (χ1) is 6.63. The van der Waals surface area contributed by atoms with Crippen LogP contribution in [0.4, 0.5) is 0 Å². The molecule has 7 heteroatoms. The fourth-order valence-electron chi connectivity index (χ4n) is 0.993. The Kier molecular flexibility index (Phi) is 11.8. The van der Waals surface area contributed by atoms with Gasteiger partial charge in [-0.2, -0.15) is 0 Å². The lowest BCUT2D eigenvalue weighted by Crippen LogP contribution is -3.00. The van der Waals surface area contributed by atoms with Gasteiger partial charge in [0.1, 0.15) is 0 Å². The summed E-state index contributed by atoms with van der Waals surface area (Å²) in [6, 6.07) is 0. The number of guanidine groups is 2. The Labute approximate surface area is 96.6 Å². The molecule has 0 heterocycles. The lowest BCUT2D eigenvalue weighted by Gasteiger charge is -1.97. The molecular formula is C8H20ClN6-. The van der Waals surface area contributed by atoms with Crippen LogP contribution in [0.2, 0.25) is 0 Å². The molecule has 0 spiro atoms. The Hall–Kier alpha value is -1.17. The molecule has 0 rings (SSSR count). The minimum atomic E-state index is 0. The van der Waals surface area contributed by atoms with Crippen LogP contribution in [0, 0.1) is 0 Å². The predicted molar refractivity (Wildman–Crippen MR) is 59.8 cm³/mol. The van der Waals surface area contributed by atoms with Gasteiger partial charge >= 0.3 is 0 Å². The molecular weight excluding hydrogens is 216 g/mol. The second-order valence-corrected chi connectivity index (χ2v) is 3.03. The molecule has 0 aromatic rings. The maximum Gasteiger partial charge on any atom is 0.185 e. The normalized spacial score (nSPS) is 8.80. The van der Waals surface area contributed by atoms with E-state index in [1.807, 2.05) is 0 Å². The van der Waals surface area contributed by atoms with Crippen LogP contribution < -0.4 is 35.3 Å². The number of halogens is 1. The second kappa shape index (κ2) is 10.9. The molecule has 0 bridgehead atoms. The summed E-state index contributed by atoms with van der Waals surface area (Å²) in [4.78, 5) is 7.75. The predicted octanol–water partition coefficient (Wildman–Crippen LogP) is -3.90. The van der Waals surface area contributed by atoms with E-state index >= 15 is 0 Å². The smallest absolute Gasteiger partial charge is 0.185 e. The van der Waals surface area contributed by atoms with E-state index in [2.05, 4.69) is 9.98 Å². The average Bonchev–Trinajstić information content (AvgIpc) is 2.08. The van der Waals surface area contributed by atoms with Crippen molar-refractivity contribution >= 4 is 11.9 Å². The van der Waals surface area contributed by atoms with Crippen molar-refractivity contribution in [1.29, 1.82) is 0 Å². The minimum absolute atomic E-state index is 0. The Morgan fingerprint density at radius 2 is 1.00 bits per heavy atom. The van der Waals surface area contributed by atoms with Crippen LogP contribution in [0.3, 0.4) is 0 Å². The fourth-order valence-corrected chi connectivity index (χ4v) is 0.993. The first kappa shape index (κ1) is 16.3. The van der Waals surface area contributed by atoms with Crippen LogP contribution in [0.25, 0.3) is 0 Å². The first-order valence-corrected chi connectivity index (χ1v) is 4.73. The number of hydrogen-bond donors (Lipinski definition) is 4. The molecule has 0 saturated heterocycles. The highest BCUT2D eigenvalue weighted by Crippen LogP contribution is 1.99. The van der Waals surface area contributed by atoms with E-state index in [-0.39, 0.29) is 24.3 Å². The monoisotopic (exact) mass is 235 g/mol. The number of nitrogens with zero attached hydrogens (tertiary/aromatic N) is 2. The zero-order valence-electron chi connectivity index (χ0n) is 8.82. The summed E-state index contributed by atoms with van der Waals surface area (Å²) < 4.78 is 0. The summed E-state index contributed by atoms with van der Waals surface area (Å²) in [5.41, 5.74) is 20.7. The van der Waals surface area contributed by atoms with E-state index in [1.165, 1.54) is 0 Å². The van der Waals surface area contributed by atoms with Gasteiger partial charge in [0.15, 0.2) is 11.9 Å². The van der Waals surface area contributed by atoms with Crippen molar-refractivity contribution in [3.05, 3.63) is 0 Å². The van der Waals surface area contributed by atoms with Gasteiger partial charge in [0.05, 0.1) is 0 Å². The third-order valence-corrected chi connectivity index (χ3v) is 1.65. The van der Waals surface area contributed by atoms with Crippen molar-refractivity contribution < 1.29 is 12.4 Å². The Morgan fingerprint density at radius 3 is 1.27 bits per heavy atom. The summed E-state index contributed by atoms with van der Waals surface area (Å²) in [5.74, 6) is 0.316. The molecule has 0 amide bonds. The number of nitrogens with two attached hydrogens (primary N) is 4. The van der Waals surface area contributed by atoms with Crippen molar-refractivity contribution in [2.24, 2.45) is 32.9 Å². The zero-order chi connectivity index (χ0) is 10.8. The Balaban J connectivity index is 0. The van der Waals surface area contributed by atoms with Crippen molar-refractivity contribution in [1.82, 2.24) is 0 Å². The van der Waals surface area contributed by atoms with Gasteiger partial charge in [-0.1, -0.05) is 12.8 Å². The number of aliphatic imine (C=N–C) groups is 2. The highest BCUT2D eigenvalue weighted by Gasteiger charge is 1.89. The van der Waals surface area contributed by atoms with Crippen molar-refractivity contribution in [3.63, 3.8) is 0 Å². The fraction of sp³-hybridized carbons (Fsp3) is 0.750. The lowest BCUT2D eigenvalue weighted by molar-refractivity contribution is -0.00000370. The minimum Gasteiger partial charge on any atom is -1.00 e. The highest BCUT2D eigenvalue weighted by atomic mass is 35.5. The maximum absolute atomic E-state index is 5.17. The van der Waals surface area contributed by atoms with Gasteiger partial charge in [0.25, 0.3) is 0 Å². The van der Waals surface area contributed by atoms with Crippen molar-refractivity contribution in [2.75, 3.05) is 13.1 Å². The van der Waals surface area contributed by atoms with E-state index in [9.17, 15) is 0 Å². The van der Waals surface area contributed by atoms with Gasteiger partial charge in [-0.15, -0.1) is 0 Å². The zero-order valence-corrected chi connectivity index (χ0v) is 9.58. The van der Waals surface area contributed by atoms with E-state index in [0.717, 1.165) is 25.7 Å². The third kappa shape index (κ3) is 15.6. The molecule has 15 heavy (non-hydrogen) atoms. The van der Waals surface area contributed by atoms with Gasteiger partial charge < -0.3 is 35.3 Å². The Morgan fingerprint density at radius 1 is 0.667 bits per heavy atom.